The summed E-state index contributed by atoms with van der Waals surface area (Å²) in [5, 5.41) is 17.4. The topological polar surface area (TPSA) is 69.2 Å². The maximum Gasteiger partial charge on any atom is 0.308 e. The number of nitrogens with zero attached hydrogens (tertiary/aromatic N) is 2. The number of benzene rings is 1. The van der Waals surface area contributed by atoms with Crippen LogP contribution in [-0.4, -0.2) is 27.8 Å². The Bertz CT molecular complexity index is 687. The fourth-order valence-electron chi connectivity index (χ4n) is 2.58. The van der Waals surface area contributed by atoms with Gasteiger partial charge in [-0.3, -0.25) is 9.89 Å². The van der Waals surface area contributed by atoms with Crippen LogP contribution in [-0.2, 0) is 17.8 Å². The van der Waals surface area contributed by atoms with Gasteiger partial charge in [-0.05, 0) is 24.1 Å². The maximum atomic E-state index is 11.3. The van der Waals surface area contributed by atoms with Gasteiger partial charge >= 0.3 is 5.97 Å². The Morgan fingerprint density at radius 3 is 3.00 bits per heavy atom. The van der Waals surface area contributed by atoms with E-state index in [2.05, 4.69) is 10.2 Å². The predicted octanol–water partition coefficient (Wildman–Crippen LogP) is 2.98. The highest BCUT2D eigenvalue weighted by Crippen LogP contribution is 2.30. The van der Waals surface area contributed by atoms with E-state index in [0.717, 1.165) is 16.9 Å². The van der Waals surface area contributed by atoms with Gasteiger partial charge in [-0.2, -0.15) is 5.10 Å². The largest absolute Gasteiger partial charge is 0.481 e. The third kappa shape index (κ3) is 2.84. The number of rotatable bonds is 3. The van der Waals surface area contributed by atoms with Gasteiger partial charge < -0.3 is 10.0 Å². The SMILES string of the molecule is O=C(O)C1Cc2cn[nH]c2N(Cc2ccc(Cl)cc2Cl)C1. The summed E-state index contributed by atoms with van der Waals surface area (Å²) in [5.74, 6) is -0.381. The number of aromatic amines is 1. The second kappa shape index (κ2) is 5.58. The number of anilines is 1. The van der Waals surface area contributed by atoms with Gasteiger partial charge in [-0.25, -0.2) is 0 Å². The van der Waals surface area contributed by atoms with Crippen LogP contribution >= 0.6 is 23.2 Å². The number of carboxylic acids is 1. The first-order valence-electron chi connectivity index (χ1n) is 6.48. The Morgan fingerprint density at radius 2 is 2.29 bits per heavy atom. The summed E-state index contributed by atoms with van der Waals surface area (Å²) in [6.45, 7) is 0.929. The lowest BCUT2D eigenvalue weighted by molar-refractivity contribution is -0.141. The molecule has 7 heteroatoms. The van der Waals surface area contributed by atoms with E-state index in [-0.39, 0.29) is 0 Å². The molecule has 0 saturated heterocycles. The minimum absolute atomic E-state index is 0.420. The molecule has 1 aliphatic heterocycles. The second-order valence-electron chi connectivity index (χ2n) is 5.10. The van der Waals surface area contributed by atoms with Gasteiger partial charge in [0.1, 0.15) is 5.82 Å². The molecule has 2 aromatic rings. The molecule has 5 nitrogen and oxygen atoms in total. The molecule has 1 aromatic carbocycles. The molecular weight excluding hydrogens is 313 g/mol. The zero-order valence-corrected chi connectivity index (χ0v) is 12.5. The van der Waals surface area contributed by atoms with E-state index in [1.807, 2.05) is 11.0 Å². The number of aliphatic carboxylic acids is 1. The lowest BCUT2D eigenvalue weighted by Gasteiger charge is -2.32. The maximum absolute atomic E-state index is 11.3. The number of carboxylic acid groups (broad SMARTS) is 1. The van der Waals surface area contributed by atoms with E-state index in [1.165, 1.54) is 0 Å². The lowest BCUT2D eigenvalue weighted by atomic mass is 9.96. The normalized spacial score (nSPS) is 17.6. The van der Waals surface area contributed by atoms with Crippen molar-refractivity contribution in [3.05, 3.63) is 45.6 Å². The van der Waals surface area contributed by atoms with E-state index in [9.17, 15) is 9.90 Å². The summed E-state index contributed by atoms with van der Waals surface area (Å²) >= 11 is 12.1. The van der Waals surface area contributed by atoms with Crippen LogP contribution in [0.4, 0.5) is 5.82 Å². The van der Waals surface area contributed by atoms with Crippen LogP contribution in [0.2, 0.25) is 10.0 Å². The number of H-pyrrole nitrogens is 1. The van der Waals surface area contributed by atoms with Crippen molar-refractivity contribution in [2.75, 3.05) is 11.4 Å². The Morgan fingerprint density at radius 1 is 1.48 bits per heavy atom. The first-order chi connectivity index (χ1) is 10.0. The van der Waals surface area contributed by atoms with Crippen molar-refractivity contribution in [2.24, 2.45) is 5.92 Å². The van der Waals surface area contributed by atoms with Crippen molar-refractivity contribution >= 4 is 35.0 Å². The van der Waals surface area contributed by atoms with Gasteiger partial charge in [0.05, 0.1) is 12.1 Å². The molecule has 0 radical (unpaired) electrons. The molecule has 3 rings (SSSR count). The minimum atomic E-state index is -0.797. The van der Waals surface area contributed by atoms with Crippen LogP contribution in [0.1, 0.15) is 11.1 Å². The van der Waals surface area contributed by atoms with Crippen molar-refractivity contribution in [1.82, 2.24) is 10.2 Å². The highest BCUT2D eigenvalue weighted by molar-refractivity contribution is 6.35. The predicted molar refractivity (Wildman–Crippen MR) is 80.9 cm³/mol. The number of halogens is 2. The van der Waals surface area contributed by atoms with E-state index < -0.39 is 11.9 Å². The highest BCUT2D eigenvalue weighted by Gasteiger charge is 2.30. The quantitative estimate of drug-likeness (QED) is 0.910. The monoisotopic (exact) mass is 325 g/mol. The average Bonchev–Trinajstić information content (AvgIpc) is 2.90. The molecule has 0 amide bonds. The molecule has 110 valence electrons. The average molecular weight is 326 g/mol. The smallest absolute Gasteiger partial charge is 0.308 e. The van der Waals surface area contributed by atoms with Gasteiger partial charge in [0.15, 0.2) is 0 Å². The highest BCUT2D eigenvalue weighted by atomic mass is 35.5. The molecule has 0 spiro atoms. The van der Waals surface area contributed by atoms with Gasteiger partial charge in [0, 0.05) is 28.7 Å². The summed E-state index contributed by atoms with van der Waals surface area (Å²) in [6, 6.07) is 5.31. The molecule has 1 aromatic heterocycles. The molecule has 0 aliphatic carbocycles. The van der Waals surface area contributed by atoms with E-state index in [1.54, 1.807) is 18.3 Å². The standard InChI is InChI=1S/C14H13Cl2N3O2/c15-11-2-1-8(12(16)4-11)6-19-7-10(14(20)21)3-9-5-17-18-13(9)19/h1-2,4-5,10H,3,6-7H2,(H,17,18)(H,20,21). The summed E-state index contributed by atoms with van der Waals surface area (Å²) in [6.07, 6.45) is 2.17. The van der Waals surface area contributed by atoms with Crippen molar-refractivity contribution < 1.29 is 9.90 Å². The third-order valence-electron chi connectivity index (χ3n) is 3.64. The van der Waals surface area contributed by atoms with Crippen LogP contribution in [0.5, 0.6) is 0 Å². The molecule has 2 heterocycles. The van der Waals surface area contributed by atoms with E-state index >= 15 is 0 Å². The number of fused-ring (bicyclic) bond motifs is 1. The van der Waals surface area contributed by atoms with E-state index in [4.69, 9.17) is 23.2 Å². The van der Waals surface area contributed by atoms with Crippen LogP contribution in [0.25, 0.3) is 0 Å². The third-order valence-corrected chi connectivity index (χ3v) is 4.23. The summed E-state index contributed by atoms with van der Waals surface area (Å²) < 4.78 is 0. The summed E-state index contributed by atoms with van der Waals surface area (Å²) in [5.41, 5.74) is 1.81. The molecule has 21 heavy (non-hydrogen) atoms. The van der Waals surface area contributed by atoms with Gasteiger partial charge in [0.2, 0.25) is 0 Å². The molecule has 1 atom stereocenters. The fourth-order valence-corrected chi connectivity index (χ4v) is 3.05. The van der Waals surface area contributed by atoms with Crippen molar-refractivity contribution in [1.29, 1.82) is 0 Å². The zero-order chi connectivity index (χ0) is 15.0. The van der Waals surface area contributed by atoms with Crippen molar-refractivity contribution in [2.45, 2.75) is 13.0 Å². The second-order valence-corrected chi connectivity index (χ2v) is 5.94. The molecule has 0 saturated carbocycles. The Kier molecular flexibility index (Phi) is 3.78. The lowest BCUT2D eigenvalue weighted by Crippen LogP contribution is -2.38. The Hall–Kier alpha value is -1.72. The van der Waals surface area contributed by atoms with Crippen LogP contribution in [0, 0.1) is 5.92 Å². The molecule has 2 N–H and O–H groups in total. The number of hydrogen-bond donors (Lipinski definition) is 2. The molecule has 0 fully saturated rings. The van der Waals surface area contributed by atoms with Gasteiger partial charge in [0.25, 0.3) is 0 Å². The summed E-state index contributed by atoms with van der Waals surface area (Å²) in [7, 11) is 0. The molecular formula is C14H13Cl2N3O2. The number of aromatic nitrogens is 2. The molecule has 0 bridgehead atoms. The van der Waals surface area contributed by atoms with Crippen molar-refractivity contribution in [3.63, 3.8) is 0 Å². The Labute approximate surface area is 131 Å². The van der Waals surface area contributed by atoms with Crippen molar-refractivity contribution in [3.8, 4) is 0 Å². The van der Waals surface area contributed by atoms with E-state index in [0.29, 0.717) is 29.6 Å². The Balaban J connectivity index is 1.89. The van der Waals surface area contributed by atoms with Gasteiger partial charge in [-0.1, -0.05) is 29.3 Å². The van der Waals surface area contributed by atoms with Crippen LogP contribution < -0.4 is 4.90 Å². The molecule has 1 aliphatic rings. The first-order valence-corrected chi connectivity index (χ1v) is 7.24. The summed E-state index contributed by atoms with van der Waals surface area (Å²) in [4.78, 5) is 13.3. The zero-order valence-electron chi connectivity index (χ0n) is 11.0. The number of nitrogens with one attached hydrogen (secondary N) is 1. The minimum Gasteiger partial charge on any atom is -0.481 e. The van der Waals surface area contributed by atoms with Crippen LogP contribution in [0.3, 0.4) is 0 Å². The number of hydrogen-bond acceptors (Lipinski definition) is 3. The first kappa shape index (κ1) is 14.2. The number of carbonyl (C=O) groups is 1. The molecule has 1 unspecified atom stereocenters. The fraction of sp³-hybridized carbons (Fsp3) is 0.286. The van der Waals surface area contributed by atoms with Crippen LogP contribution in [0.15, 0.2) is 24.4 Å². The van der Waals surface area contributed by atoms with Gasteiger partial charge in [-0.15, -0.1) is 0 Å².